The van der Waals surface area contributed by atoms with E-state index in [2.05, 4.69) is 15.5 Å². The van der Waals surface area contributed by atoms with Gasteiger partial charge in [-0.3, -0.25) is 9.69 Å². The Labute approximate surface area is 131 Å². The van der Waals surface area contributed by atoms with Crippen molar-refractivity contribution in [1.29, 1.82) is 0 Å². The van der Waals surface area contributed by atoms with Gasteiger partial charge < -0.3 is 10.6 Å². The van der Waals surface area contributed by atoms with Gasteiger partial charge in [0.1, 0.15) is 0 Å². The Morgan fingerprint density at radius 1 is 1.38 bits per heavy atom. The predicted octanol–water partition coefficient (Wildman–Crippen LogP) is 2.03. The fourth-order valence-electron chi connectivity index (χ4n) is 2.69. The molecule has 0 aromatic heterocycles. The average Bonchev–Trinajstić information content (AvgIpc) is 2.75. The van der Waals surface area contributed by atoms with Gasteiger partial charge in [0.15, 0.2) is 0 Å². The van der Waals surface area contributed by atoms with Crippen LogP contribution in [0.5, 0.6) is 0 Å². The summed E-state index contributed by atoms with van der Waals surface area (Å²) >= 11 is 6.08. The van der Waals surface area contributed by atoms with Crippen LogP contribution >= 0.6 is 11.6 Å². The van der Waals surface area contributed by atoms with Crippen LogP contribution in [-0.2, 0) is 11.3 Å². The lowest BCUT2D eigenvalue weighted by Crippen LogP contribution is -2.40. The van der Waals surface area contributed by atoms with E-state index in [0.29, 0.717) is 24.2 Å². The third kappa shape index (κ3) is 5.30. The minimum atomic E-state index is 0.0506. The van der Waals surface area contributed by atoms with Crippen LogP contribution in [0, 0.1) is 0 Å². The number of halogens is 1. The Morgan fingerprint density at radius 3 is 3.00 bits per heavy atom. The van der Waals surface area contributed by atoms with E-state index in [1.54, 1.807) is 0 Å². The third-order valence-corrected chi connectivity index (χ3v) is 4.36. The van der Waals surface area contributed by atoms with Crippen LogP contribution in [0.4, 0.5) is 0 Å². The molecule has 116 valence electrons. The second-order valence-electron chi connectivity index (χ2n) is 5.62. The van der Waals surface area contributed by atoms with Crippen LogP contribution in [0.1, 0.15) is 24.8 Å². The van der Waals surface area contributed by atoms with Gasteiger partial charge in [0.2, 0.25) is 5.91 Å². The number of hydrogen-bond acceptors (Lipinski definition) is 3. The maximum atomic E-state index is 12.1. The van der Waals surface area contributed by atoms with Crippen molar-refractivity contribution in [3.8, 4) is 0 Å². The fourth-order valence-corrected chi connectivity index (χ4v) is 2.89. The topological polar surface area (TPSA) is 44.4 Å². The molecule has 1 aromatic rings. The molecule has 0 saturated carbocycles. The van der Waals surface area contributed by atoms with Gasteiger partial charge in [0.25, 0.3) is 0 Å². The van der Waals surface area contributed by atoms with E-state index >= 15 is 0 Å². The highest BCUT2D eigenvalue weighted by Crippen LogP contribution is 2.14. The second kappa shape index (κ2) is 8.37. The number of hydrogen-bond donors (Lipinski definition) is 2. The first-order valence-corrected chi connectivity index (χ1v) is 7.95. The van der Waals surface area contributed by atoms with Gasteiger partial charge in [-0.05, 0) is 51.0 Å². The van der Waals surface area contributed by atoms with Crippen molar-refractivity contribution in [3.63, 3.8) is 0 Å². The van der Waals surface area contributed by atoms with Gasteiger partial charge in [0.05, 0.1) is 6.54 Å². The molecule has 1 saturated heterocycles. The monoisotopic (exact) mass is 309 g/mol. The average molecular weight is 310 g/mol. The van der Waals surface area contributed by atoms with E-state index in [1.807, 2.05) is 31.3 Å². The van der Waals surface area contributed by atoms with Crippen LogP contribution in [0.25, 0.3) is 0 Å². The predicted molar refractivity (Wildman–Crippen MR) is 86.4 cm³/mol. The van der Waals surface area contributed by atoms with Crippen molar-refractivity contribution in [2.45, 2.75) is 31.8 Å². The Balaban J connectivity index is 1.77. The molecule has 0 spiro atoms. The summed E-state index contributed by atoms with van der Waals surface area (Å²) in [7, 11) is 2.03. The maximum absolute atomic E-state index is 12.1. The summed E-state index contributed by atoms with van der Waals surface area (Å²) in [6.45, 7) is 3.05. The minimum Gasteiger partial charge on any atom is -0.351 e. The van der Waals surface area contributed by atoms with Crippen LogP contribution in [0.3, 0.4) is 0 Å². The Hall–Kier alpha value is -1.10. The summed E-state index contributed by atoms with van der Waals surface area (Å²) in [5, 5.41) is 7.04. The standard InChI is InChI=1S/C16H24ClN3O/c1-20(14-6-4-9-18-10-8-14)12-16(21)19-11-13-5-2-3-7-15(13)17/h2-3,5,7,14,18H,4,6,8-12H2,1H3,(H,19,21). The number of benzene rings is 1. The van der Waals surface area contributed by atoms with E-state index in [9.17, 15) is 4.79 Å². The van der Waals surface area contributed by atoms with Crippen molar-refractivity contribution >= 4 is 17.5 Å². The number of nitrogens with one attached hydrogen (secondary N) is 2. The van der Waals surface area contributed by atoms with Gasteiger partial charge in [-0.2, -0.15) is 0 Å². The number of nitrogens with zero attached hydrogens (tertiary/aromatic N) is 1. The number of rotatable bonds is 5. The summed E-state index contributed by atoms with van der Waals surface area (Å²) in [6.07, 6.45) is 3.44. The lowest BCUT2D eigenvalue weighted by molar-refractivity contribution is -0.122. The van der Waals surface area contributed by atoms with Gasteiger partial charge >= 0.3 is 0 Å². The van der Waals surface area contributed by atoms with Crippen LogP contribution in [-0.4, -0.2) is 43.5 Å². The molecule has 0 bridgehead atoms. The van der Waals surface area contributed by atoms with Crippen molar-refractivity contribution < 1.29 is 4.79 Å². The van der Waals surface area contributed by atoms with Gasteiger partial charge in [0, 0.05) is 17.6 Å². The first-order chi connectivity index (χ1) is 10.2. The Kier molecular flexibility index (Phi) is 6.49. The van der Waals surface area contributed by atoms with E-state index in [1.165, 1.54) is 6.42 Å². The van der Waals surface area contributed by atoms with E-state index in [-0.39, 0.29) is 5.91 Å². The molecule has 1 aliphatic rings. The first kappa shape index (κ1) is 16.3. The molecular formula is C16H24ClN3O. The minimum absolute atomic E-state index is 0.0506. The number of likely N-dealkylation sites (N-methyl/N-ethyl adjacent to an activating group) is 1. The van der Waals surface area contributed by atoms with E-state index < -0.39 is 0 Å². The first-order valence-electron chi connectivity index (χ1n) is 7.58. The lowest BCUT2D eigenvalue weighted by atomic mass is 10.1. The smallest absolute Gasteiger partial charge is 0.234 e. The largest absolute Gasteiger partial charge is 0.351 e. The Bertz CT molecular complexity index is 459. The van der Waals surface area contributed by atoms with E-state index in [0.717, 1.165) is 31.5 Å². The van der Waals surface area contributed by atoms with Gasteiger partial charge in [-0.15, -0.1) is 0 Å². The summed E-state index contributed by atoms with van der Waals surface area (Å²) < 4.78 is 0. The molecule has 1 heterocycles. The molecule has 4 nitrogen and oxygen atoms in total. The summed E-state index contributed by atoms with van der Waals surface area (Å²) in [5.74, 6) is 0.0506. The zero-order valence-corrected chi connectivity index (χ0v) is 13.3. The van der Waals surface area contributed by atoms with Gasteiger partial charge in [-0.25, -0.2) is 0 Å². The third-order valence-electron chi connectivity index (χ3n) is 4.00. The Morgan fingerprint density at radius 2 is 2.19 bits per heavy atom. The fraction of sp³-hybridized carbons (Fsp3) is 0.562. The summed E-state index contributed by atoms with van der Waals surface area (Å²) in [6, 6.07) is 8.09. The number of carbonyl (C=O) groups is 1. The molecule has 2 N–H and O–H groups in total. The molecular weight excluding hydrogens is 286 g/mol. The highest BCUT2D eigenvalue weighted by Gasteiger charge is 2.18. The molecule has 1 unspecified atom stereocenters. The van der Waals surface area contributed by atoms with Crippen LogP contribution in [0.15, 0.2) is 24.3 Å². The second-order valence-corrected chi connectivity index (χ2v) is 6.03. The molecule has 0 aliphatic carbocycles. The SMILES string of the molecule is CN(CC(=O)NCc1ccccc1Cl)C1CCCNCC1. The molecule has 1 atom stereocenters. The van der Waals surface area contributed by atoms with Crippen molar-refractivity contribution in [3.05, 3.63) is 34.9 Å². The molecule has 5 heteroatoms. The number of amides is 1. The van der Waals surface area contributed by atoms with Crippen LogP contribution < -0.4 is 10.6 Å². The molecule has 0 radical (unpaired) electrons. The molecule has 2 rings (SSSR count). The van der Waals surface area contributed by atoms with Crippen molar-refractivity contribution in [2.24, 2.45) is 0 Å². The zero-order valence-electron chi connectivity index (χ0n) is 12.6. The van der Waals surface area contributed by atoms with Crippen LogP contribution in [0.2, 0.25) is 5.02 Å². The highest BCUT2D eigenvalue weighted by atomic mass is 35.5. The normalized spacial score (nSPS) is 19.3. The lowest BCUT2D eigenvalue weighted by Gasteiger charge is -2.26. The molecule has 1 fully saturated rings. The molecule has 1 aromatic carbocycles. The maximum Gasteiger partial charge on any atom is 0.234 e. The number of carbonyl (C=O) groups excluding carboxylic acids is 1. The highest BCUT2D eigenvalue weighted by molar-refractivity contribution is 6.31. The zero-order chi connectivity index (χ0) is 15.1. The van der Waals surface area contributed by atoms with Gasteiger partial charge in [-0.1, -0.05) is 29.8 Å². The van der Waals surface area contributed by atoms with Crippen molar-refractivity contribution in [2.75, 3.05) is 26.7 Å². The summed E-state index contributed by atoms with van der Waals surface area (Å²) in [5.41, 5.74) is 0.953. The van der Waals surface area contributed by atoms with E-state index in [4.69, 9.17) is 11.6 Å². The summed E-state index contributed by atoms with van der Waals surface area (Å²) in [4.78, 5) is 14.2. The quantitative estimate of drug-likeness (QED) is 0.875. The molecule has 21 heavy (non-hydrogen) atoms. The van der Waals surface area contributed by atoms with Crippen molar-refractivity contribution in [1.82, 2.24) is 15.5 Å². The molecule has 1 amide bonds. The molecule has 1 aliphatic heterocycles.